The second-order valence-electron chi connectivity index (χ2n) is 4.78. The van der Waals surface area contributed by atoms with Crippen molar-refractivity contribution in [2.45, 2.75) is 0 Å². The number of nitrogens with one attached hydrogen (secondary N) is 1. The van der Waals surface area contributed by atoms with Gasteiger partial charge in [-0.15, -0.1) is 27.8 Å². The van der Waals surface area contributed by atoms with E-state index in [2.05, 4.69) is 20.4 Å². The summed E-state index contributed by atoms with van der Waals surface area (Å²) in [6.07, 6.45) is 1.63. The molecule has 0 spiro atoms. The SMILES string of the molecule is O=C(Nc1nccs1)c1nc(-c2cccs2)n(-c2ccccc2)n1. The average Bonchev–Trinajstić information content (AvgIpc) is 3.36. The molecule has 24 heavy (non-hydrogen) atoms. The van der Waals surface area contributed by atoms with E-state index in [1.54, 1.807) is 27.6 Å². The summed E-state index contributed by atoms with van der Waals surface area (Å²) in [6, 6.07) is 13.5. The molecule has 1 amide bonds. The molecule has 4 rings (SSSR count). The van der Waals surface area contributed by atoms with Gasteiger partial charge in [0.1, 0.15) is 0 Å². The number of nitrogens with zero attached hydrogens (tertiary/aromatic N) is 4. The van der Waals surface area contributed by atoms with Crippen molar-refractivity contribution in [1.29, 1.82) is 0 Å². The van der Waals surface area contributed by atoms with Gasteiger partial charge in [-0.25, -0.2) is 14.6 Å². The van der Waals surface area contributed by atoms with E-state index >= 15 is 0 Å². The molecule has 1 N–H and O–H groups in total. The fourth-order valence-corrected chi connectivity index (χ4v) is 3.38. The number of hydrogen-bond donors (Lipinski definition) is 1. The first kappa shape index (κ1) is 14.7. The Hall–Kier alpha value is -2.84. The van der Waals surface area contributed by atoms with Gasteiger partial charge >= 0.3 is 0 Å². The van der Waals surface area contributed by atoms with Gasteiger partial charge in [0.15, 0.2) is 11.0 Å². The molecule has 1 aromatic carbocycles. The Morgan fingerprint density at radius 3 is 2.62 bits per heavy atom. The highest BCUT2D eigenvalue weighted by molar-refractivity contribution is 7.14. The van der Waals surface area contributed by atoms with Crippen LogP contribution in [-0.2, 0) is 0 Å². The second-order valence-corrected chi connectivity index (χ2v) is 6.62. The van der Waals surface area contributed by atoms with Crippen LogP contribution in [0.2, 0.25) is 0 Å². The molecule has 4 aromatic rings. The van der Waals surface area contributed by atoms with E-state index in [-0.39, 0.29) is 11.7 Å². The molecule has 3 aromatic heterocycles. The lowest BCUT2D eigenvalue weighted by Gasteiger charge is -2.03. The summed E-state index contributed by atoms with van der Waals surface area (Å²) in [4.78, 5) is 21.8. The number of carbonyl (C=O) groups is 1. The van der Waals surface area contributed by atoms with Crippen molar-refractivity contribution in [1.82, 2.24) is 19.7 Å². The average molecular weight is 353 g/mol. The van der Waals surface area contributed by atoms with Crippen molar-refractivity contribution in [3.63, 3.8) is 0 Å². The first-order valence-corrected chi connectivity index (χ1v) is 8.84. The second kappa shape index (κ2) is 6.34. The minimum Gasteiger partial charge on any atom is -0.295 e. The van der Waals surface area contributed by atoms with Crippen LogP contribution < -0.4 is 5.32 Å². The van der Waals surface area contributed by atoms with Crippen LogP contribution in [-0.4, -0.2) is 25.7 Å². The number of rotatable bonds is 4. The molecule has 0 saturated heterocycles. The summed E-state index contributed by atoms with van der Waals surface area (Å²) in [5.41, 5.74) is 0.849. The maximum Gasteiger partial charge on any atom is 0.297 e. The zero-order valence-electron chi connectivity index (χ0n) is 12.3. The fraction of sp³-hybridized carbons (Fsp3) is 0. The Morgan fingerprint density at radius 1 is 1.04 bits per heavy atom. The number of para-hydroxylation sites is 1. The predicted octanol–water partition coefficient (Wildman–Crippen LogP) is 3.70. The number of hydrogen-bond acceptors (Lipinski definition) is 6. The number of amides is 1. The molecule has 0 aliphatic carbocycles. The van der Waals surface area contributed by atoms with Gasteiger partial charge in [-0.05, 0) is 23.6 Å². The zero-order chi connectivity index (χ0) is 16.4. The highest BCUT2D eigenvalue weighted by atomic mass is 32.1. The van der Waals surface area contributed by atoms with Crippen LogP contribution in [0.5, 0.6) is 0 Å². The first-order valence-electron chi connectivity index (χ1n) is 7.08. The Balaban J connectivity index is 1.75. The predicted molar refractivity (Wildman–Crippen MR) is 94.7 cm³/mol. The summed E-state index contributed by atoms with van der Waals surface area (Å²) in [5, 5.41) is 11.4. The quantitative estimate of drug-likeness (QED) is 0.607. The summed E-state index contributed by atoms with van der Waals surface area (Å²) in [5.74, 6) is 0.371. The van der Waals surface area contributed by atoms with Crippen LogP contribution in [0.15, 0.2) is 59.4 Å². The van der Waals surface area contributed by atoms with Gasteiger partial charge in [-0.3, -0.25) is 10.1 Å². The molecule has 0 atom stereocenters. The Bertz CT molecular complexity index is 946. The lowest BCUT2D eigenvalue weighted by molar-refractivity contribution is 0.101. The van der Waals surface area contributed by atoms with E-state index in [0.717, 1.165) is 10.6 Å². The largest absolute Gasteiger partial charge is 0.297 e. The van der Waals surface area contributed by atoms with Crippen LogP contribution in [0.25, 0.3) is 16.4 Å². The van der Waals surface area contributed by atoms with E-state index in [4.69, 9.17) is 0 Å². The van der Waals surface area contributed by atoms with Crippen LogP contribution >= 0.6 is 22.7 Å². The van der Waals surface area contributed by atoms with Crippen molar-refractivity contribution < 1.29 is 4.79 Å². The lowest BCUT2D eigenvalue weighted by atomic mass is 10.3. The summed E-state index contributed by atoms with van der Waals surface area (Å²) < 4.78 is 1.68. The Kier molecular flexibility index (Phi) is 3.89. The maximum absolute atomic E-state index is 12.4. The van der Waals surface area contributed by atoms with Crippen LogP contribution in [0.4, 0.5) is 5.13 Å². The number of thiazole rings is 1. The topological polar surface area (TPSA) is 72.7 Å². The van der Waals surface area contributed by atoms with E-state index in [0.29, 0.717) is 11.0 Å². The van der Waals surface area contributed by atoms with Gasteiger partial charge < -0.3 is 0 Å². The Morgan fingerprint density at radius 2 is 1.92 bits per heavy atom. The minimum absolute atomic E-state index is 0.109. The third kappa shape index (κ3) is 2.84. The molecule has 0 fully saturated rings. The van der Waals surface area contributed by atoms with Crippen LogP contribution in [0, 0.1) is 0 Å². The molecule has 0 bridgehead atoms. The van der Waals surface area contributed by atoms with Gasteiger partial charge in [-0.2, -0.15) is 0 Å². The molecule has 118 valence electrons. The normalized spacial score (nSPS) is 10.7. The summed E-state index contributed by atoms with van der Waals surface area (Å²) in [7, 11) is 0. The standard InChI is InChI=1S/C16H11N5OS2/c22-15(19-16-17-8-10-24-16)13-18-14(12-7-4-9-23-12)21(20-13)11-5-2-1-3-6-11/h1-10H,(H,17,19,22). The summed E-state index contributed by atoms with van der Waals surface area (Å²) >= 11 is 2.90. The molecule has 0 unspecified atom stereocenters. The van der Waals surface area contributed by atoms with Crippen molar-refractivity contribution in [3.05, 3.63) is 65.2 Å². The number of carbonyl (C=O) groups excluding carboxylic acids is 1. The van der Waals surface area contributed by atoms with Gasteiger partial charge in [0.05, 0.1) is 10.6 Å². The van der Waals surface area contributed by atoms with E-state index in [9.17, 15) is 4.79 Å². The van der Waals surface area contributed by atoms with Crippen LogP contribution in [0.1, 0.15) is 10.6 Å². The number of benzene rings is 1. The third-order valence-electron chi connectivity index (χ3n) is 3.21. The maximum atomic E-state index is 12.4. The monoisotopic (exact) mass is 353 g/mol. The lowest BCUT2D eigenvalue weighted by Crippen LogP contribution is -2.14. The molecule has 6 nitrogen and oxygen atoms in total. The van der Waals surface area contributed by atoms with Gasteiger partial charge in [0, 0.05) is 11.6 Å². The first-order chi connectivity index (χ1) is 11.8. The molecule has 0 saturated carbocycles. The molecule has 3 heterocycles. The summed E-state index contributed by atoms with van der Waals surface area (Å²) in [6.45, 7) is 0. The number of thiophene rings is 1. The third-order valence-corrected chi connectivity index (χ3v) is 4.76. The van der Waals surface area contributed by atoms with Gasteiger partial charge in [0.2, 0.25) is 5.82 Å². The smallest absolute Gasteiger partial charge is 0.295 e. The minimum atomic E-state index is -0.377. The molecule has 0 aliphatic heterocycles. The van der Waals surface area contributed by atoms with E-state index < -0.39 is 0 Å². The van der Waals surface area contributed by atoms with E-state index in [1.165, 1.54) is 11.3 Å². The molecule has 0 aliphatic rings. The molecular weight excluding hydrogens is 342 g/mol. The fourth-order valence-electron chi connectivity index (χ4n) is 2.16. The molecular formula is C16H11N5OS2. The van der Waals surface area contributed by atoms with Crippen molar-refractivity contribution >= 4 is 33.7 Å². The van der Waals surface area contributed by atoms with Crippen molar-refractivity contribution in [2.75, 3.05) is 5.32 Å². The highest BCUT2D eigenvalue weighted by Gasteiger charge is 2.19. The molecule has 8 heteroatoms. The van der Waals surface area contributed by atoms with Gasteiger partial charge in [0.25, 0.3) is 5.91 Å². The van der Waals surface area contributed by atoms with Gasteiger partial charge in [-0.1, -0.05) is 24.3 Å². The molecule has 0 radical (unpaired) electrons. The number of aromatic nitrogens is 4. The number of anilines is 1. The zero-order valence-corrected chi connectivity index (χ0v) is 13.9. The highest BCUT2D eigenvalue weighted by Crippen LogP contribution is 2.25. The Labute approximate surface area is 145 Å². The van der Waals surface area contributed by atoms with Crippen LogP contribution in [0.3, 0.4) is 0 Å². The van der Waals surface area contributed by atoms with Crippen molar-refractivity contribution in [3.8, 4) is 16.4 Å². The van der Waals surface area contributed by atoms with E-state index in [1.807, 2.05) is 47.8 Å². The van der Waals surface area contributed by atoms with Crippen molar-refractivity contribution in [2.24, 2.45) is 0 Å².